The lowest BCUT2D eigenvalue weighted by Crippen LogP contribution is -2.26. The lowest BCUT2D eigenvalue weighted by Gasteiger charge is -2.05. The van der Waals surface area contributed by atoms with E-state index in [1.54, 1.807) is 0 Å². The zero-order chi connectivity index (χ0) is 15.2. The van der Waals surface area contributed by atoms with Crippen molar-refractivity contribution in [2.75, 3.05) is 6.54 Å². The van der Waals surface area contributed by atoms with E-state index >= 15 is 0 Å². The van der Waals surface area contributed by atoms with E-state index in [2.05, 4.69) is 10.3 Å². The van der Waals surface area contributed by atoms with E-state index in [1.807, 2.05) is 51.1 Å². The Morgan fingerprint density at radius 1 is 1.29 bits per heavy atom. The molecular weight excluding hydrogens is 264 g/mol. The van der Waals surface area contributed by atoms with Gasteiger partial charge in [-0.3, -0.25) is 4.79 Å². The first-order chi connectivity index (χ1) is 10.1. The molecule has 1 aromatic heterocycles. The van der Waals surface area contributed by atoms with Crippen molar-refractivity contribution in [3.05, 3.63) is 41.8 Å². The molecule has 1 N–H and O–H groups in total. The molecule has 0 saturated carbocycles. The Balaban J connectivity index is 1.93. The van der Waals surface area contributed by atoms with Crippen molar-refractivity contribution in [3.63, 3.8) is 0 Å². The minimum Gasteiger partial charge on any atom is -0.441 e. The minimum absolute atomic E-state index is 0.0921. The van der Waals surface area contributed by atoms with E-state index < -0.39 is 0 Å². The van der Waals surface area contributed by atoms with Gasteiger partial charge in [-0.1, -0.05) is 32.0 Å². The molecule has 0 unspecified atom stereocenters. The topological polar surface area (TPSA) is 55.1 Å². The highest BCUT2D eigenvalue weighted by Crippen LogP contribution is 2.21. The number of rotatable bonds is 6. The van der Waals surface area contributed by atoms with Gasteiger partial charge in [0.05, 0.1) is 5.69 Å². The van der Waals surface area contributed by atoms with E-state index in [-0.39, 0.29) is 5.91 Å². The van der Waals surface area contributed by atoms with Crippen LogP contribution < -0.4 is 5.32 Å². The van der Waals surface area contributed by atoms with Crippen LogP contribution in [0, 0.1) is 12.8 Å². The molecule has 0 fully saturated rings. The van der Waals surface area contributed by atoms with E-state index in [9.17, 15) is 4.79 Å². The molecule has 1 amide bonds. The molecule has 2 aromatic rings. The van der Waals surface area contributed by atoms with Crippen LogP contribution in [0.25, 0.3) is 11.5 Å². The van der Waals surface area contributed by atoms with Crippen molar-refractivity contribution in [2.45, 2.75) is 33.6 Å². The highest BCUT2D eigenvalue weighted by atomic mass is 16.4. The average molecular weight is 286 g/mol. The Kier molecular flexibility index (Phi) is 5.14. The number of hydrogen-bond donors (Lipinski definition) is 1. The predicted molar refractivity (Wildman–Crippen MR) is 82.8 cm³/mol. The zero-order valence-corrected chi connectivity index (χ0v) is 12.8. The summed E-state index contributed by atoms with van der Waals surface area (Å²) in [6, 6.07) is 9.82. The van der Waals surface area contributed by atoms with Gasteiger partial charge in [0.2, 0.25) is 11.8 Å². The maximum absolute atomic E-state index is 11.6. The van der Waals surface area contributed by atoms with Gasteiger partial charge in [-0.15, -0.1) is 0 Å². The van der Waals surface area contributed by atoms with Crippen molar-refractivity contribution >= 4 is 5.91 Å². The van der Waals surface area contributed by atoms with Gasteiger partial charge in [-0.2, -0.15) is 0 Å². The fourth-order valence-electron chi connectivity index (χ4n) is 2.13. The van der Waals surface area contributed by atoms with Crippen molar-refractivity contribution < 1.29 is 9.21 Å². The second-order valence-electron chi connectivity index (χ2n) is 5.59. The maximum atomic E-state index is 11.6. The van der Waals surface area contributed by atoms with Gasteiger partial charge in [0.15, 0.2) is 0 Å². The van der Waals surface area contributed by atoms with Crippen molar-refractivity contribution in [2.24, 2.45) is 5.92 Å². The van der Waals surface area contributed by atoms with Gasteiger partial charge in [-0.05, 0) is 25.0 Å². The molecule has 0 radical (unpaired) electrons. The summed E-state index contributed by atoms with van der Waals surface area (Å²) in [5.74, 6) is 1.92. The SMILES string of the molecule is Cc1oc(-c2ccccc2)nc1CCNC(=O)CC(C)C. The molecule has 0 atom stereocenters. The number of oxazole rings is 1. The van der Waals surface area contributed by atoms with E-state index in [0.717, 1.165) is 17.0 Å². The summed E-state index contributed by atoms with van der Waals surface area (Å²) in [6.07, 6.45) is 1.25. The number of carbonyl (C=O) groups is 1. The maximum Gasteiger partial charge on any atom is 0.226 e. The van der Waals surface area contributed by atoms with Crippen LogP contribution in [0.4, 0.5) is 0 Å². The summed E-state index contributed by atoms with van der Waals surface area (Å²) in [5.41, 5.74) is 1.87. The largest absolute Gasteiger partial charge is 0.441 e. The lowest BCUT2D eigenvalue weighted by molar-refractivity contribution is -0.121. The summed E-state index contributed by atoms with van der Waals surface area (Å²) in [6.45, 7) is 6.57. The van der Waals surface area contributed by atoms with Gasteiger partial charge in [0.1, 0.15) is 5.76 Å². The van der Waals surface area contributed by atoms with Crippen LogP contribution in [0.3, 0.4) is 0 Å². The molecule has 4 nitrogen and oxygen atoms in total. The molecule has 0 bridgehead atoms. The molecule has 0 spiro atoms. The Hall–Kier alpha value is -2.10. The number of carbonyl (C=O) groups excluding carboxylic acids is 1. The summed E-state index contributed by atoms with van der Waals surface area (Å²) in [4.78, 5) is 16.1. The molecule has 0 aliphatic carbocycles. The Morgan fingerprint density at radius 3 is 2.67 bits per heavy atom. The van der Waals surface area contributed by atoms with Gasteiger partial charge < -0.3 is 9.73 Å². The van der Waals surface area contributed by atoms with Crippen molar-refractivity contribution in [1.29, 1.82) is 0 Å². The molecule has 4 heteroatoms. The molecule has 1 aromatic carbocycles. The Bertz CT molecular complexity index is 588. The number of aryl methyl sites for hydroxylation is 1. The second-order valence-corrected chi connectivity index (χ2v) is 5.59. The fourth-order valence-corrected chi connectivity index (χ4v) is 2.13. The number of hydrogen-bond acceptors (Lipinski definition) is 3. The highest BCUT2D eigenvalue weighted by Gasteiger charge is 2.11. The van der Waals surface area contributed by atoms with Crippen LogP contribution in [0.15, 0.2) is 34.7 Å². The molecule has 112 valence electrons. The van der Waals surface area contributed by atoms with E-state index in [4.69, 9.17) is 4.42 Å². The summed E-state index contributed by atoms with van der Waals surface area (Å²) in [7, 11) is 0. The Labute approximate surface area is 125 Å². The first kappa shape index (κ1) is 15.3. The molecule has 0 aliphatic rings. The van der Waals surface area contributed by atoms with Crippen LogP contribution >= 0.6 is 0 Å². The number of benzene rings is 1. The fraction of sp³-hybridized carbons (Fsp3) is 0.412. The van der Waals surface area contributed by atoms with Crippen LogP contribution in [-0.4, -0.2) is 17.4 Å². The lowest BCUT2D eigenvalue weighted by atomic mass is 10.1. The molecule has 21 heavy (non-hydrogen) atoms. The predicted octanol–water partition coefficient (Wildman–Crippen LogP) is 3.35. The highest BCUT2D eigenvalue weighted by molar-refractivity contribution is 5.76. The van der Waals surface area contributed by atoms with Crippen LogP contribution in [0.5, 0.6) is 0 Å². The summed E-state index contributed by atoms with van der Waals surface area (Å²) < 4.78 is 5.70. The molecule has 0 aliphatic heterocycles. The standard InChI is InChI=1S/C17H22N2O2/c1-12(2)11-16(20)18-10-9-15-13(3)21-17(19-15)14-7-5-4-6-8-14/h4-8,12H,9-11H2,1-3H3,(H,18,20). The smallest absolute Gasteiger partial charge is 0.226 e. The van der Waals surface area contributed by atoms with Gasteiger partial charge in [0.25, 0.3) is 0 Å². The van der Waals surface area contributed by atoms with Crippen LogP contribution in [-0.2, 0) is 11.2 Å². The third-order valence-corrected chi connectivity index (χ3v) is 3.19. The zero-order valence-electron chi connectivity index (χ0n) is 12.8. The second kappa shape index (κ2) is 7.07. The third kappa shape index (κ3) is 4.45. The normalized spacial score (nSPS) is 10.9. The van der Waals surface area contributed by atoms with Crippen LogP contribution in [0.1, 0.15) is 31.7 Å². The number of nitrogens with zero attached hydrogens (tertiary/aromatic N) is 1. The first-order valence-electron chi connectivity index (χ1n) is 7.34. The van der Waals surface area contributed by atoms with E-state index in [0.29, 0.717) is 31.2 Å². The van der Waals surface area contributed by atoms with Gasteiger partial charge in [-0.25, -0.2) is 4.98 Å². The molecule has 0 saturated heterocycles. The molecular formula is C17H22N2O2. The van der Waals surface area contributed by atoms with Crippen LogP contribution in [0.2, 0.25) is 0 Å². The van der Waals surface area contributed by atoms with E-state index in [1.165, 1.54) is 0 Å². The molecule has 2 rings (SSSR count). The first-order valence-corrected chi connectivity index (χ1v) is 7.34. The van der Waals surface area contributed by atoms with Crippen molar-refractivity contribution in [3.8, 4) is 11.5 Å². The van der Waals surface area contributed by atoms with Gasteiger partial charge >= 0.3 is 0 Å². The third-order valence-electron chi connectivity index (χ3n) is 3.19. The number of aromatic nitrogens is 1. The van der Waals surface area contributed by atoms with Gasteiger partial charge in [0, 0.05) is 24.9 Å². The summed E-state index contributed by atoms with van der Waals surface area (Å²) >= 11 is 0. The minimum atomic E-state index is 0.0921. The average Bonchev–Trinajstić information content (AvgIpc) is 2.80. The van der Waals surface area contributed by atoms with Crippen molar-refractivity contribution in [1.82, 2.24) is 10.3 Å². The summed E-state index contributed by atoms with van der Waals surface area (Å²) in [5, 5.41) is 2.92. The number of nitrogens with one attached hydrogen (secondary N) is 1. The number of amides is 1. The Morgan fingerprint density at radius 2 is 2.00 bits per heavy atom. The quantitative estimate of drug-likeness (QED) is 0.886. The monoisotopic (exact) mass is 286 g/mol. The molecule has 1 heterocycles.